The van der Waals surface area contributed by atoms with Crippen molar-refractivity contribution in [1.82, 2.24) is 5.32 Å². The number of anilines is 1. The lowest BCUT2D eigenvalue weighted by atomic mass is 9.99. The van der Waals surface area contributed by atoms with E-state index in [2.05, 4.69) is 69.7 Å². The Hall–Kier alpha value is -3.52. The molecule has 0 atom stereocenters. The Kier molecular flexibility index (Phi) is 10.4. The molecule has 2 heteroatoms. The quantitative estimate of drug-likeness (QED) is 0.307. The molecule has 168 valence electrons. The van der Waals surface area contributed by atoms with E-state index in [1.165, 1.54) is 11.6 Å². The molecule has 0 aliphatic rings. The van der Waals surface area contributed by atoms with E-state index in [0.29, 0.717) is 11.8 Å². The van der Waals surface area contributed by atoms with Gasteiger partial charge in [-0.2, -0.15) is 0 Å². The third-order valence-corrected chi connectivity index (χ3v) is 4.33. The first-order valence-corrected chi connectivity index (χ1v) is 10.8. The van der Waals surface area contributed by atoms with E-state index in [-0.39, 0.29) is 12.1 Å². The first kappa shape index (κ1) is 21.7. The third-order valence-electron chi connectivity index (χ3n) is 4.33. The standard InChI is InChI=1S/C30H38N2/c1-8-11-12-13-17-27-23-26(25(6)7)19-20-30(27)31-22-21-29(15-9-2)32-28(10-3)18-14-16-24(4)5/h8-25,31-32H,1-3H2,4-7H3/b12-11-,16-14+,17-13+,22-21+,28-18+,29-15+/i1D,11D,12D/b8-1?,12-11-,16-14+,17-13+,22-21+,28-18+,29-15+. The van der Waals surface area contributed by atoms with Crippen LogP contribution in [-0.2, 0) is 0 Å². The number of rotatable bonds is 13. The number of nitrogens with one attached hydrogen (secondary N) is 2. The maximum Gasteiger partial charge on any atom is 0.0623 e. The largest absolute Gasteiger partial charge is 0.361 e. The Morgan fingerprint density at radius 1 is 1.03 bits per heavy atom. The maximum absolute atomic E-state index is 8.03. The molecule has 0 fully saturated rings. The van der Waals surface area contributed by atoms with Gasteiger partial charge in [0.05, 0.1) is 4.11 Å². The van der Waals surface area contributed by atoms with Crippen molar-refractivity contribution in [2.24, 2.45) is 5.92 Å². The number of allylic oxidation sites excluding steroid dienone is 11. The minimum atomic E-state index is -0.00901. The second-order valence-electron chi connectivity index (χ2n) is 7.71. The molecule has 1 aromatic carbocycles. The molecular formula is C30H38N2. The maximum atomic E-state index is 8.03. The summed E-state index contributed by atoms with van der Waals surface area (Å²) in [5, 5.41) is 6.66. The zero-order chi connectivity index (χ0) is 26.2. The monoisotopic (exact) mass is 429 g/mol. The van der Waals surface area contributed by atoms with Crippen molar-refractivity contribution in [1.29, 1.82) is 0 Å². The molecule has 0 aliphatic heterocycles. The fraction of sp³-hybridized carbons (Fsp3) is 0.200. The first-order chi connectivity index (χ1) is 16.7. The summed E-state index contributed by atoms with van der Waals surface area (Å²) in [5.41, 5.74) is 4.66. The van der Waals surface area contributed by atoms with Crippen LogP contribution in [0.2, 0.25) is 0 Å². The number of hydrogen-bond donors (Lipinski definition) is 2. The molecule has 1 rings (SSSR count). The molecule has 32 heavy (non-hydrogen) atoms. The summed E-state index contributed by atoms with van der Waals surface area (Å²) in [6, 6.07) is 6.19. The third kappa shape index (κ3) is 10.5. The predicted molar refractivity (Wildman–Crippen MR) is 145 cm³/mol. The van der Waals surface area contributed by atoms with Crippen molar-refractivity contribution in [3.63, 3.8) is 0 Å². The highest BCUT2D eigenvalue weighted by Crippen LogP contribution is 2.24. The van der Waals surface area contributed by atoms with Crippen molar-refractivity contribution in [3.05, 3.63) is 133 Å². The number of hydrogen-bond acceptors (Lipinski definition) is 2. The van der Waals surface area contributed by atoms with Crippen LogP contribution in [0, 0.1) is 5.92 Å². The van der Waals surface area contributed by atoms with Gasteiger partial charge < -0.3 is 10.6 Å². The zero-order valence-corrected chi connectivity index (χ0v) is 19.7. The van der Waals surface area contributed by atoms with Crippen molar-refractivity contribution in [2.75, 3.05) is 5.32 Å². The van der Waals surface area contributed by atoms with Gasteiger partial charge in [-0.25, -0.2) is 0 Å². The van der Waals surface area contributed by atoms with Gasteiger partial charge in [-0.1, -0.05) is 102 Å². The number of benzene rings is 1. The van der Waals surface area contributed by atoms with Gasteiger partial charge in [0.1, 0.15) is 0 Å². The summed E-state index contributed by atoms with van der Waals surface area (Å²) in [4.78, 5) is 0. The molecule has 0 aromatic heterocycles. The molecule has 1 aromatic rings. The molecule has 0 amide bonds. The predicted octanol–water partition coefficient (Wildman–Crippen LogP) is 8.43. The molecule has 0 saturated carbocycles. The van der Waals surface area contributed by atoms with Crippen LogP contribution < -0.4 is 10.6 Å². The normalized spacial score (nSPS) is 15.5. The Balaban J connectivity index is 3.18. The average Bonchev–Trinajstić information content (AvgIpc) is 2.82. The van der Waals surface area contributed by atoms with E-state index in [9.17, 15) is 0 Å². The van der Waals surface area contributed by atoms with Crippen LogP contribution in [0.3, 0.4) is 0 Å². The smallest absolute Gasteiger partial charge is 0.0623 e. The average molecular weight is 430 g/mol. The molecule has 0 aliphatic carbocycles. The SMILES string of the molecule is [2H]C=C/C([2H])=C([2H])\C=C\c1cc(C(C)C)ccc1N/C=C/C(=C\C=C)N/C(C=C)=C/C=C/C(C)C. The van der Waals surface area contributed by atoms with Crippen molar-refractivity contribution in [3.8, 4) is 0 Å². The lowest BCUT2D eigenvalue weighted by Gasteiger charge is -2.12. The zero-order valence-electron chi connectivity index (χ0n) is 22.7. The first-order valence-electron chi connectivity index (χ1n) is 12.4. The van der Waals surface area contributed by atoms with Crippen LogP contribution in [-0.4, -0.2) is 0 Å². The lowest BCUT2D eigenvalue weighted by molar-refractivity contribution is 0.831. The topological polar surface area (TPSA) is 24.1 Å². The molecular weight excluding hydrogens is 388 g/mol. The molecule has 2 nitrogen and oxygen atoms in total. The van der Waals surface area contributed by atoms with Crippen LogP contribution in [0.1, 0.15) is 48.9 Å². The molecule has 0 spiro atoms. The van der Waals surface area contributed by atoms with E-state index in [1.807, 2.05) is 42.6 Å². The molecule has 0 heterocycles. The lowest BCUT2D eigenvalue weighted by Crippen LogP contribution is -2.09. The minimum absolute atomic E-state index is 0.00901. The fourth-order valence-electron chi connectivity index (χ4n) is 2.63. The molecule has 0 saturated heterocycles. The van der Waals surface area contributed by atoms with Gasteiger partial charge >= 0.3 is 0 Å². The summed E-state index contributed by atoms with van der Waals surface area (Å²) in [6.07, 6.45) is 19.9. The van der Waals surface area contributed by atoms with Gasteiger partial charge in [-0.05, 0) is 59.4 Å². The van der Waals surface area contributed by atoms with Gasteiger partial charge in [0.2, 0.25) is 0 Å². The highest BCUT2D eigenvalue weighted by Gasteiger charge is 2.04. The van der Waals surface area contributed by atoms with Crippen molar-refractivity contribution in [2.45, 2.75) is 33.6 Å². The van der Waals surface area contributed by atoms with Crippen LogP contribution in [0.5, 0.6) is 0 Å². The van der Waals surface area contributed by atoms with E-state index < -0.39 is 0 Å². The minimum Gasteiger partial charge on any atom is -0.361 e. The Bertz CT molecular complexity index is 1070. The fourth-order valence-corrected chi connectivity index (χ4v) is 2.63. The molecule has 2 N–H and O–H groups in total. The summed E-state index contributed by atoms with van der Waals surface area (Å²) >= 11 is 0. The molecule has 0 unspecified atom stereocenters. The van der Waals surface area contributed by atoms with Crippen molar-refractivity contribution < 1.29 is 4.11 Å². The Morgan fingerprint density at radius 2 is 1.84 bits per heavy atom. The van der Waals surface area contributed by atoms with Crippen molar-refractivity contribution >= 4 is 11.8 Å². The van der Waals surface area contributed by atoms with Gasteiger partial charge in [0.25, 0.3) is 0 Å². The Morgan fingerprint density at radius 3 is 2.50 bits per heavy atom. The van der Waals surface area contributed by atoms with Crippen LogP contribution in [0.4, 0.5) is 5.69 Å². The molecule has 0 bridgehead atoms. The van der Waals surface area contributed by atoms with Crippen LogP contribution in [0.25, 0.3) is 6.08 Å². The summed E-state index contributed by atoms with van der Waals surface area (Å²) in [7, 11) is 0. The second-order valence-corrected chi connectivity index (χ2v) is 7.71. The van der Waals surface area contributed by atoms with Crippen LogP contribution in [0.15, 0.2) is 122 Å². The highest BCUT2D eigenvalue weighted by molar-refractivity contribution is 5.69. The highest BCUT2D eigenvalue weighted by atomic mass is 14.9. The van der Waals surface area contributed by atoms with E-state index in [0.717, 1.165) is 29.2 Å². The van der Waals surface area contributed by atoms with E-state index in [4.69, 9.17) is 4.11 Å². The van der Waals surface area contributed by atoms with Gasteiger partial charge in [-0.3, -0.25) is 0 Å². The van der Waals surface area contributed by atoms with E-state index >= 15 is 0 Å². The second kappa shape index (κ2) is 15.3. The van der Waals surface area contributed by atoms with E-state index in [1.54, 1.807) is 18.2 Å². The Labute approximate surface area is 199 Å². The summed E-state index contributed by atoms with van der Waals surface area (Å²) < 4.78 is 22.9. The summed E-state index contributed by atoms with van der Waals surface area (Å²) in [5.74, 6) is 0.828. The van der Waals surface area contributed by atoms with Gasteiger partial charge in [0, 0.05) is 23.3 Å². The van der Waals surface area contributed by atoms with Gasteiger partial charge in [0.15, 0.2) is 0 Å². The van der Waals surface area contributed by atoms with Gasteiger partial charge in [-0.15, -0.1) is 0 Å². The van der Waals surface area contributed by atoms with Crippen LogP contribution >= 0.6 is 0 Å². The molecule has 0 radical (unpaired) electrons. The summed E-state index contributed by atoms with van der Waals surface area (Å²) in [6.45, 7) is 17.2.